The van der Waals surface area contributed by atoms with E-state index >= 15 is 0 Å². The number of hydrogen-bond acceptors (Lipinski definition) is 3. The number of rotatable bonds is 3. The Bertz CT molecular complexity index is 572. The molecule has 16 heavy (non-hydrogen) atoms. The molecule has 0 aliphatic rings. The Morgan fingerprint density at radius 2 is 2.25 bits per heavy atom. The second-order valence-electron chi connectivity index (χ2n) is 3.42. The Morgan fingerprint density at radius 1 is 1.50 bits per heavy atom. The lowest BCUT2D eigenvalue weighted by molar-refractivity contribution is -0.383. The van der Waals surface area contributed by atoms with E-state index in [0.717, 1.165) is 5.52 Å². The Hall–Kier alpha value is -2.17. The van der Waals surface area contributed by atoms with Crippen molar-refractivity contribution in [3.8, 4) is 0 Å². The monoisotopic (exact) mass is 218 g/mol. The number of aromatic nitrogens is 1. The maximum atomic E-state index is 10.9. The third-order valence-corrected chi connectivity index (χ3v) is 2.58. The van der Waals surface area contributed by atoms with Crippen molar-refractivity contribution in [2.24, 2.45) is 0 Å². The SMILES string of the molecule is CCn1cc(C=O)c2c([N+](=O)[O-])cccc21. The first kappa shape index (κ1) is 10.4. The number of aldehydes is 1. The molecule has 0 saturated heterocycles. The van der Waals surface area contributed by atoms with Gasteiger partial charge in [0.25, 0.3) is 5.69 Å². The molecule has 0 amide bonds. The standard InChI is InChI=1S/C11H10N2O3/c1-2-12-6-8(7-14)11-9(12)4-3-5-10(11)13(15)16/h3-7H,2H2,1H3. The lowest BCUT2D eigenvalue weighted by Gasteiger charge is -1.99. The van der Waals surface area contributed by atoms with Crippen molar-refractivity contribution in [3.05, 3.63) is 40.1 Å². The average Bonchev–Trinajstić information content (AvgIpc) is 2.66. The molecular weight excluding hydrogens is 208 g/mol. The van der Waals surface area contributed by atoms with Crippen molar-refractivity contribution in [3.63, 3.8) is 0 Å². The number of carbonyl (C=O) groups is 1. The van der Waals surface area contributed by atoms with Crippen LogP contribution in [0.2, 0.25) is 0 Å². The maximum Gasteiger partial charge on any atom is 0.279 e. The van der Waals surface area contributed by atoms with Gasteiger partial charge in [0.05, 0.1) is 15.8 Å². The smallest absolute Gasteiger partial charge is 0.279 e. The van der Waals surface area contributed by atoms with Gasteiger partial charge in [0.15, 0.2) is 6.29 Å². The zero-order chi connectivity index (χ0) is 11.7. The molecule has 0 saturated carbocycles. The van der Waals surface area contributed by atoms with Crippen LogP contribution in [0.4, 0.5) is 5.69 Å². The minimum absolute atomic E-state index is 0.0215. The molecule has 1 aromatic heterocycles. The van der Waals surface area contributed by atoms with Crippen molar-refractivity contribution < 1.29 is 9.72 Å². The summed E-state index contributed by atoms with van der Waals surface area (Å²) in [6.07, 6.45) is 2.30. The lowest BCUT2D eigenvalue weighted by Crippen LogP contribution is -1.92. The summed E-state index contributed by atoms with van der Waals surface area (Å²) in [5, 5.41) is 11.3. The van der Waals surface area contributed by atoms with Gasteiger partial charge in [-0.2, -0.15) is 0 Å². The molecule has 5 heteroatoms. The van der Waals surface area contributed by atoms with Crippen LogP contribution in [-0.2, 0) is 6.54 Å². The predicted octanol–water partition coefficient (Wildman–Crippen LogP) is 2.38. The molecule has 1 aromatic carbocycles. The van der Waals surface area contributed by atoms with Crippen LogP contribution in [0.5, 0.6) is 0 Å². The Morgan fingerprint density at radius 3 is 2.81 bits per heavy atom. The van der Waals surface area contributed by atoms with Gasteiger partial charge >= 0.3 is 0 Å². The van der Waals surface area contributed by atoms with Crippen LogP contribution in [0.3, 0.4) is 0 Å². The second kappa shape index (κ2) is 3.77. The van der Waals surface area contributed by atoms with Crippen LogP contribution >= 0.6 is 0 Å². The Kier molecular flexibility index (Phi) is 2.44. The number of nitrogens with zero attached hydrogens (tertiary/aromatic N) is 2. The summed E-state index contributed by atoms with van der Waals surface area (Å²) in [6.45, 7) is 2.60. The van der Waals surface area contributed by atoms with Crippen molar-refractivity contribution >= 4 is 22.9 Å². The van der Waals surface area contributed by atoms with Gasteiger partial charge in [-0.25, -0.2) is 0 Å². The molecule has 0 N–H and O–H groups in total. The number of hydrogen-bond donors (Lipinski definition) is 0. The van der Waals surface area contributed by atoms with Crippen LogP contribution in [0.25, 0.3) is 10.9 Å². The van der Waals surface area contributed by atoms with Gasteiger partial charge in [-0.1, -0.05) is 6.07 Å². The summed E-state index contributed by atoms with van der Waals surface area (Å²) < 4.78 is 1.83. The second-order valence-corrected chi connectivity index (χ2v) is 3.42. The molecular formula is C11H10N2O3. The van der Waals surface area contributed by atoms with E-state index in [9.17, 15) is 14.9 Å². The molecule has 0 fully saturated rings. The number of nitro benzene ring substituents is 1. The van der Waals surface area contributed by atoms with Crippen molar-refractivity contribution in [2.75, 3.05) is 0 Å². The minimum atomic E-state index is -0.463. The summed E-state index contributed by atoms with van der Waals surface area (Å²) in [5.74, 6) is 0. The van der Waals surface area contributed by atoms with Crippen LogP contribution < -0.4 is 0 Å². The number of carbonyl (C=O) groups excluding carboxylic acids is 1. The number of fused-ring (bicyclic) bond motifs is 1. The first-order valence-corrected chi connectivity index (χ1v) is 4.90. The molecule has 0 bridgehead atoms. The highest BCUT2D eigenvalue weighted by atomic mass is 16.6. The van der Waals surface area contributed by atoms with Gasteiger partial charge in [0.1, 0.15) is 0 Å². The summed E-state index contributed by atoms with van der Waals surface area (Å²) in [4.78, 5) is 21.3. The number of nitro groups is 1. The van der Waals surface area contributed by atoms with Gasteiger partial charge in [-0.3, -0.25) is 14.9 Å². The third-order valence-electron chi connectivity index (χ3n) is 2.58. The van der Waals surface area contributed by atoms with E-state index in [-0.39, 0.29) is 5.69 Å². The average molecular weight is 218 g/mol. The summed E-state index contributed by atoms with van der Waals surface area (Å²) >= 11 is 0. The van der Waals surface area contributed by atoms with E-state index in [4.69, 9.17) is 0 Å². The van der Waals surface area contributed by atoms with E-state index in [2.05, 4.69) is 0 Å². The third kappa shape index (κ3) is 1.37. The molecule has 82 valence electrons. The number of benzene rings is 1. The number of aryl methyl sites for hydroxylation is 1. The fourth-order valence-corrected chi connectivity index (χ4v) is 1.87. The minimum Gasteiger partial charge on any atom is -0.347 e. The van der Waals surface area contributed by atoms with Gasteiger partial charge in [-0.15, -0.1) is 0 Å². The normalized spacial score (nSPS) is 10.6. The zero-order valence-electron chi connectivity index (χ0n) is 8.71. The first-order chi connectivity index (χ1) is 7.69. The quantitative estimate of drug-likeness (QED) is 0.451. The van der Waals surface area contributed by atoms with E-state index in [1.54, 1.807) is 18.3 Å². The van der Waals surface area contributed by atoms with E-state index in [1.807, 2.05) is 11.5 Å². The molecule has 0 aliphatic heterocycles. The van der Waals surface area contributed by atoms with Gasteiger partial charge in [0.2, 0.25) is 0 Å². The highest BCUT2D eigenvalue weighted by Crippen LogP contribution is 2.29. The van der Waals surface area contributed by atoms with Crippen molar-refractivity contribution in [2.45, 2.75) is 13.5 Å². The molecule has 0 spiro atoms. The fraction of sp³-hybridized carbons (Fsp3) is 0.182. The maximum absolute atomic E-state index is 10.9. The topological polar surface area (TPSA) is 65.1 Å². The molecule has 0 aliphatic carbocycles. The Balaban J connectivity index is 2.89. The van der Waals surface area contributed by atoms with Crippen LogP contribution in [0.1, 0.15) is 17.3 Å². The van der Waals surface area contributed by atoms with Crippen LogP contribution in [0.15, 0.2) is 24.4 Å². The molecule has 5 nitrogen and oxygen atoms in total. The van der Waals surface area contributed by atoms with E-state index < -0.39 is 4.92 Å². The molecule has 2 aromatic rings. The van der Waals surface area contributed by atoms with E-state index in [1.165, 1.54) is 6.07 Å². The highest BCUT2D eigenvalue weighted by Gasteiger charge is 2.18. The Labute approximate surface area is 91.4 Å². The van der Waals surface area contributed by atoms with Gasteiger partial charge < -0.3 is 4.57 Å². The zero-order valence-corrected chi connectivity index (χ0v) is 8.71. The summed E-state index contributed by atoms with van der Waals surface area (Å²) in [5.41, 5.74) is 1.06. The molecule has 2 rings (SSSR count). The fourth-order valence-electron chi connectivity index (χ4n) is 1.87. The highest BCUT2D eigenvalue weighted by molar-refractivity contribution is 6.02. The molecule has 0 radical (unpaired) electrons. The molecule has 0 unspecified atom stereocenters. The van der Waals surface area contributed by atoms with Crippen LogP contribution in [0, 0.1) is 10.1 Å². The van der Waals surface area contributed by atoms with Crippen molar-refractivity contribution in [1.82, 2.24) is 4.57 Å². The largest absolute Gasteiger partial charge is 0.347 e. The van der Waals surface area contributed by atoms with E-state index in [0.29, 0.717) is 23.8 Å². The molecule has 0 atom stereocenters. The van der Waals surface area contributed by atoms with Gasteiger partial charge in [-0.05, 0) is 13.0 Å². The molecule has 1 heterocycles. The predicted molar refractivity (Wildman–Crippen MR) is 59.7 cm³/mol. The summed E-state index contributed by atoms with van der Waals surface area (Å²) in [6, 6.07) is 4.81. The van der Waals surface area contributed by atoms with Gasteiger partial charge in [0, 0.05) is 24.4 Å². The first-order valence-electron chi connectivity index (χ1n) is 4.90. The lowest BCUT2D eigenvalue weighted by atomic mass is 10.1. The number of non-ortho nitro benzene ring substituents is 1. The van der Waals surface area contributed by atoms with Crippen LogP contribution in [-0.4, -0.2) is 15.8 Å². The van der Waals surface area contributed by atoms with Crippen molar-refractivity contribution in [1.29, 1.82) is 0 Å². The summed E-state index contributed by atoms with van der Waals surface area (Å²) in [7, 11) is 0.